The largest absolute Gasteiger partial charge is 0.481 e. The number of nitrogens with zero attached hydrogens (tertiary/aromatic N) is 2. The van der Waals surface area contributed by atoms with E-state index < -0.39 is 11.4 Å². The first-order chi connectivity index (χ1) is 17.0. The van der Waals surface area contributed by atoms with Gasteiger partial charge in [-0.15, -0.1) is 0 Å². The van der Waals surface area contributed by atoms with E-state index in [1.165, 1.54) is 20.9 Å². The Kier molecular flexibility index (Phi) is 14.7. The number of rotatable bonds is 11. The molecule has 0 aliphatic carbocycles. The molecular formula is C31H52N2O2S. The number of thioether (sulfide) groups is 1. The van der Waals surface area contributed by atoms with Crippen molar-refractivity contribution in [2.75, 3.05) is 33.7 Å². The summed E-state index contributed by atoms with van der Waals surface area (Å²) in [5.41, 5.74) is 2.01. The van der Waals surface area contributed by atoms with Crippen molar-refractivity contribution in [3.63, 3.8) is 0 Å². The summed E-state index contributed by atoms with van der Waals surface area (Å²) in [6.07, 6.45) is 7.94. The van der Waals surface area contributed by atoms with E-state index in [9.17, 15) is 9.90 Å². The molecule has 0 saturated carbocycles. The van der Waals surface area contributed by atoms with Crippen molar-refractivity contribution in [2.45, 2.75) is 80.7 Å². The quantitative estimate of drug-likeness (QED) is 0.323. The van der Waals surface area contributed by atoms with Gasteiger partial charge >= 0.3 is 5.97 Å². The molecule has 0 aromatic heterocycles. The summed E-state index contributed by atoms with van der Waals surface area (Å²) in [5.74, 6) is 0.593. The summed E-state index contributed by atoms with van der Waals surface area (Å²) in [4.78, 5) is 19.4. The lowest BCUT2D eigenvalue weighted by Crippen LogP contribution is -2.51. The lowest BCUT2D eigenvalue weighted by Gasteiger charge is -2.43. The molecule has 204 valence electrons. The molecule has 1 saturated heterocycles. The number of allylic oxidation sites excluding steroid dienone is 2. The summed E-state index contributed by atoms with van der Waals surface area (Å²) in [7, 11) is 4.21. The van der Waals surface area contributed by atoms with E-state index in [0.717, 1.165) is 51.2 Å². The fourth-order valence-electron chi connectivity index (χ4n) is 4.95. The summed E-state index contributed by atoms with van der Waals surface area (Å²) in [5, 5.41) is 10.1. The summed E-state index contributed by atoms with van der Waals surface area (Å²) < 4.78 is 0. The second-order valence-electron chi connectivity index (χ2n) is 11.3. The molecule has 1 N–H and O–H groups in total. The fraction of sp³-hybridized carbons (Fsp3) is 0.645. The van der Waals surface area contributed by atoms with Crippen LogP contribution in [0.3, 0.4) is 0 Å². The number of aliphatic carboxylic acids is 1. The maximum absolute atomic E-state index is 12.2. The van der Waals surface area contributed by atoms with Gasteiger partial charge in [0.1, 0.15) is 0 Å². The molecule has 2 atom stereocenters. The molecule has 0 spiro atoms. The molecule has 0 amide bonds. The highest BCUT2D eigenvalue weighted by Gasteiger charge is 2.44. The molecule has 1 aliphatic heterocycles. The highest BCUT2D eigenvalue weighted by atomic mass is 32.2. The van der Waals surface area contributed by atoms with Crippen LogP contribution in [0.2, 0.25) is 0 Å². The third-order valence-electron chi connectivity index (χ3n) is 6.12. The first-order valence-electron chi connectivity index (χ1n) is 13.7. The van der Waals surface area contributed by atoms with Crippen LogP contribution in [-0.2, 0) is 11.3 Å². The van der Waals surface area contributed by atoms with E-state index in [0.29, 0.717) is 12.5 Å². The van der Waals surface area contributed by atoms with Crippen molar-refractivity contribution in [2.24, 2.45) is 17.3 Å². The second kappa shape index (κ2) is 16.3. The first kappa shape index (κ1) is 32.5. The Labute approximate surface area is 226 Å². The molecule has 4 nitrogen and oxygen atoms in total. The minimum absolute atomic E-state index is 0.390. The van der Waals surface area contributed by atoms with E-state index in [1.807, 2.05) is 11.8 Å². The van der Waals surface area contributed by atoms with Crippen LogP contribution < -0.4 is 0 Å². The topological polar surface area (TPSA) is 43.8 Å². The van der Waals surface area contributed by atoms with Gasteiger partial charge < -0.3 is 10.0 Å². The third-order valence-corrected chi connectivity index (χ3v) is 7.35. The zero-order chi connectivity index (χ0) is 27.3. The molecule has 1 aromatic rings. The Bertz CT molecular complexity index is 859. The predicted octanol–water partition coefficient (Wildman–Crippen LogP) is 8.01. The number of carboxylic acids is 1. The van der Waals surface area contributed by atoms with E-state index in [2.05, 4.69) is 109 Å². The molecule has 1 fully saturated rings. The average Bonchev–Trinajstić information content (AvgIpc) is 2.77. The minimum Gasteiger partial charge on any atom is -0.481 e. The first-order valence-corrected chi connectivity index (χ1v) is 14.5. The lowest BCUT2D eigenvalue weighted by atomic mass is 9.73. The second-order valence-corrected chi connectivity index (χ2v) is 12.4. The Morgan fingerprint density at radius 1 is 1.25 bits per heavy atom. The Morgan fingerprint density at radius 2 is 1.89 bits per heavy atom. The third kappa shape index (κ3) is 10.8. The summed E-state index contributed by atoms with van der Waals surface area (Å²) >= 11 is 1.84. The van der Waals surface area contributed by atoms with Crippen molar-refractivity contribution in [3.05, 3.63) is 52.4 Å². The van der Waals surface area contributed by atoms with Crippen LogP contribution in [0.5, 0.6) is 0 Å². The van der Waals surface area contributed by atoms with Crippen molar-refractivity contribution in [3.8, 4) is 0 Å². The highest BCUT2D eigenvalue weighted by Crippen LogP contribution is 2.40. The van der Waals surface area contributed by atoms with Gasteiger partial charge in [0.05, 0.1) is 5.41 Å². The van der Waals surface area contributed by atoms with Gasteiger partial charge in [0.15, 0.2) is 0 Å². The number of piperidine rings is 1. The molecule has 0 bridgehead atoms. The zero-order valence-electron chi connectivity index (χ0n) is 24.4. The maximum atomic E-state index is 12.2. The molecule has 1 heterocycles. The van der Waals surface area contributed by atoms with Gasteiger partial charge in [-0.3, -0.25) is 9.69 Å². The number of benzene rings is 1. The Hall–Kier alpha value is -1.56. The van der Waals surface area contributed by atoms with Crippen molar-refractivity contribution in [1.29, 1.82) is 0 Å². The molecule has 1 aromatic carbocycles. The van der Waals surface area contributed by atoms with Crippen LogP contribution in [0.15, 0.2) is 41.3 Å². The van der Waals surface area contributed by atoms with Gasteiger partial charge in [-0.1, -0.05) is 96.1 Å². The van der Waals surface area contributed by atoms with Gasteiger partial charge in [-0.25, -0.2) is 0 Å². The monoisotopic (exact) mass is 516 g/mol. The predicted molar refractivity (Wildman–Crippen MR) is 159 cm³/mol. The fourth-order valence-corrected chi connectivity index (χ4v) is 6.15. The Balaban J connectivity index is 0.00000150. The summed E-state index contributed by atoms with van der Waals surface area (Å²) in [6, 6.07) is 8.67. The molecule has 5 heteroatoms. The normalized spacial score (nSPS) is 21.5. The van der Waals surface area contributed by atoms with E-state index in [1.54, 1.807) is 0 Å². The molecular weight excluding hydrogens is 464 g/mol. The van der Waals surface area contributed by atoms with Crippen LogP contribution in [0.1, 0.15) is 85.3 Å². The molecule has 1 unspecified atom stereocenters. The van der Waals surface area contributed by atoms with Crippen molar-refractivity contribution < 1.29 is 9.90 Å². The van der Waals surface area contributed by atoms with Crippen LogP contribution >= 0.6 is 11.8 Å². The zero-order valence-corrected chi connectivity index (χ0v) is 25.3. The number of hydrogen-bond donors (Lipinski definition) is 1. The standard InChI is InChI=1S/C27H42N2O2S.C4H10/c1-7-12-25(24-14-11-10-13-22(24)18-28(5)6)32-23(9-3)19-29-17-21(4)16-27(20-29,15-8-2)26(30)31;1-4(2)3/h9-14,21H,7-8,15-20H2,1-6H3,(H,30,31);4H,1-3H3/b23-9-,25-12+;/t21?,27-;/m1./s1. The molecule has 1 aliphatic rings. The van der Waals surface area contributed by atoms with Gasteiger partial charge in [0, 0.05) is 31.1 Å². The SMILES string of the molecule is C/C=C(/CN1CC(C)C[C@@](CCC)(C(=O)O)C1)S/C(=C/CC)c1ccccc1CN(C)C.CC(C)C. The minimum atomic E-state index is -0.630. The van der Waals surface area contributed by atoms with Crippen LogP contribution in [0.4, 0.5) is 0 Å². The molecule has 2 rings (SSSR count). The summed E-state index contributed by atoms with van der Waals surface area (Å²) in [6.45, 7) is 18.4. The number of hydrogen-bond acceptors (Lipinski definition) is 4. The van der Waals surface area contributed by atoms with Gasteiger partial charge in [-0.2, -0.15) is 0 Å². The average molecular weight is 517 g/mol. The number of carboxylic acid groups (broad SMARTS) is 1. The number of likely N-dealkylation sites (tertiary alicyclic amines) is 1. The van der Waals surface area contributed by atoms with E-state index in [-0.39, 0.29) is 0 Å². The maximum Gasteiger partial charge on any atom is 0.310 e. The van der Waals surface area contributed by atoms with Gasteiger partial charge in [0.2, 0.25) is 0 Å². The smallest absolute Gasteiger partial charge is 0.310 e. The van der Waals surface area contributed by atoms with Gasteiger partial charge in [0.25, 0.3) is 0 Å². The van der Waals surface area contributed by atoms with Gasteiger partial charge in [-0.05, 0) is 68.1 Å². The highest BCUT2D eigenvalue weighted by molar-refractivity contribution is 8.11. The lowest BCUT2D eigenvalue weighted by molar-refractivity contribution is -0.154. The van der Waals surface area contributed by atoms with Crippen molar-refractivity contribution >= 4 is 22.6 Å². The van der Waals surface area contributed by atoms with E-state index in [4.69, 9.17) is 0 Å². The molecule has 36 heavy (non-hydrogen) atoms. The Morgan fingerprint density at radius 3 is 2.42 bits per heavy atom. The van der Waals surface area contributed by atoms with Crippen LogP contribution in [-0.4, -0.2) is 54.6 Å². The van der Waals surface area contributed by atoms with Crippen LogP contribution in [0, 0.1) is 17.3 Å². The van der Waals surface area contributed by atoms with Crippen molar-refractivity contribution in [1.82, 2.24) is 9.80 Å². The molecule has 0 radical (unpaired) electrons. The number of carbonyl (C=O) groups is 1. The van der Waals surface area contributed by atoms with E-state index >= 15 is 0 Å². The van der Waals surface area contributed by atoms with Crippen LogP contribution in [0.25, 0.3) is 4.91 Å².